The van der Waals surface area contributed by atoms with Crippen molar-refractivity contribution in [1.29, 1.82) is 0 Å². The number of aromatic nitrogens is 6. The van der Waals surface area contributed by atoms with Crippen molar-refractivity contribution < 1.29 is 0 Å². The molecule has 0 aliphatic heterocycles. The van der Waals surface area contributed by atoms with Crippen LogP contribution in [0.5, 0.6) is 0 Å². The van der Waals surface area contributed by atoms with E-state index in [4.69, 9.17) is 0 Å². The first kappa shape index (κ1) is 9.78. The molecular weight excluding hydrogens is 194 g/mol. The van der Waals surface area contributed by atoms with E-state index in [0.29, 0.717) is 5.82 Å². The summed E-state index contributed by atoms with van der Waals surface area (Å²) in [5.74, 6) is 0.663. The number of aromatic amines is 2. The maximum absolute atomic E-state index is 3.95. The van der Waals surface area contributed by atoms with Gasteiger partial charge in [0.2, 0.25) is 0 Å². The number of H-pyrrole nitrogens is 2. The Morgan fingerprint density at radius 1 is 1.53 bits per heavy atom. The Morgan fingerprint density at radius 2 is 2.40 bits per heavy atom. The third-order valence-corrected chi connectivity index (χ3v) is 2.28. The molecule has 0 aromatic carbocycles. The molecule has 1 unspecified atom stereocenters. The van der Waals surface area contributed by atoms with E-state index in [1.54, 1.807) is 0 Å². The maximum Gasteiger partial charge on any atom is 0.191 e. The molecule has 2 aromatic rings. The monoisotopic (exact) mass is 207 g/mol. The van der Waals surface area contributed by atoms with E-state index in [2.05, 4.69) is 36.1 Å². The van der Waals surface area contributed by atoms with Crippen molar-refractivity contribution >= 4 is 0 Å². The molecule has 0 bridgehead atoms. The number of tetrazole rings is 1. The minimum Gasteiger partial charge on any atom is -0.303 e. The number of aryl methyl sites for hydroxylation is 1. The normalized spacial score (nSPS) is 12.9. The Morgan fingerprint density at radius 3 is 3.00 bits per heavy atom. The summed E-state index contributed by atoms with van der Waals surface area (Å²) in [6.45, 7) is 4.71. The molecule has 0 spiro atoms. The molecule has 0 amide bonds. The van der Waals surface area contributed by atoms with Crippen LogP contribution in [-0.2, 0) is 6.54 Å². The smallest absolute Gasteiger partial charge is 0.191 e. The van der Waals surface area contributed by atoms with E-state index < -0.39 is 0 Å². The molecular formula is C8H13N7. The van der Waals surface area contributed by atoms with Crippen LogP contribution >= 0.6 is 0 Å². The van der Waals surface area contributed by atoms with Crippen molar-refractivity contribution in [2.24, 2.45) is 0 Å². The Kier molecular flexibility index (Phi) is 2.72. The molecule has 7 heteroatoms. The van der Waals surface area contributed by atoms with Crippen molar-refractivity contribution in [1.82, 2.24) is 36.1 Å². The second-order valence-corrected chi connectivity index (χ2v) is 3.39. The molecule has 2 rings (SSSR count). The Labute approximate surface area is 86.7 Å². The summed E-state index contributed by atoms with van der Waals surface area (Å²) < 4.78 is 0. The van der Waals surface area contributed by atoms with Gasteiger partial charge in [-0.3, -0.25) is 5.10 Å². The minimum atomic E-state index is 0.0676. The molecule has 0 fully saturated rings. The Bertz CT molecular complexity index is 404. The molecule has 0 saturated heterocycles. The average Bonchev–Trinajstić information content (AvgIpc) is 2.85. The summed E-state index contributed by atoms with van der Waals surface area (Å²) in [7, 11) is 0. The van der Waals surface area contributed by atoms with Gasteiger partial charge >= 0.3 is 0 Å². The molecule has 0 saturated carbocycles. The fourth-order valence-corrected chi connectivity index (χ4v) is 1.26. The summed E-state index contributed by atoms with van der Waals surface area (Å²) in [5, 5.41) is 23.9. The van der Waals surface area contributed by atoms with Gasteiger partial charge in [0, 0.05) is 17.8 Å². The van der Waals surface area contributed by atoms with Crippen LogP contribution in [0.4, 0.5) is 0 Å². The minimum absolute atomic E-state index is 0.0676. The van der Waals surface area contributed by atoms with Crippen molar-refractivity contribution in [3.8, 4) is 0 Å². The van der Waals surface area contributed by atoms with Gasteiger partial charge in [0.15, 0.2) is 5.82 Å². The number of hydrogen-bond donors (Lipinski definition) is 3. The summed E-state index contributed by atoms with van der Waals surface area (Å²) in [6.07, 6.45) is 1.81. The summed E-state index contributed by atoms with van der Waals surface area (Å²) in [5.41, 5.74) is 2.22. The fraction of sp³-hybridized carbons (Fsp3) is 0.500. The van der Waals surface area contributed by atoms with Gasteiger partial charge in [-0.05, 0) is 13.8 Å². The highest BCUT2D eigenvalue weighted by atomic mass is 15.5. The predicted molar refractivity (Wildman–Crippen MR) is 52.8 cm³/mol. The van der Waals surface area contributed by atoms with Gasteiger partial charge in [-0.15, -0.1) is 10.2 Å². The van der Waals surface area contributed by atoms with Crippen LogP contribution in [0.25, 0.3) is 0 Å². The third kappa shape index (κ3) is 2.18. The first-order valence-corrected chi connectivity index (χ1v) is 4.73. The van der Waals surface area contributed by atoms with Gasteiger partial charge in [-0.2, -0.15) is 10.3 Å². The van der Waals surface area contributed by atoms with Gasteiger partial charge in [0.25, 0.3) is 0 Å². The second kappa shape index (κ2) is 4.18. The quantitative estimate of drug-likeness (QED) is 0.660. The predicted octanol–water partition coefficient (Wildman–Crippen LogP) is 0.0820. The summed E-state index contributed by atoms with van der Waals surface area (Å²) in [4.78, 5) is 0. The molecule has 7 nitrogen and oxygen atoms in total. The molecule has 1 atom stereocenters. The number of hydrogen-bond acceptors (Lipinski definition) is 5. The van der Waals surface area contributed by atoms with Gasteiger partial charge in [-0.1, -0.05) is 5.21 Å². The highest BCUT2D eigenvalue weighted by molar-refractivity contribution is 5.14. The molecule has 0 radical (unpaired) electrons. The van der Waals surface area contributed by atoms with Crippen molar-refractivity contribution in [2.75, 3.05) is 0 Å². The second-order valence-electron chi connectivity index (χ2n) is 3.39. The van der Waals surface area contributed by atoms with Crippen LogP contribution in [0.15, 0.2) is 6.20 Å². The highest BCUT2D eigenvalue weighted by Crippen LogP contribution is 2.07. The van der Waals surface area contributed by atoms with Gasteiger partial charge in [-0.25, -0.2) is 0 Å². The lowest BCUT2D eigenvalue weighted by atomic mass is 10.2. The molecule has 2 aromatic heterocycles. The first-order chi connectivity index (χ1) is 7.27. The largest absolute Gasteiger partial charge is 0.303 e. The summed E-state index contributed by atoms with van der Waals surface area (Å²) in [6, 6.07) is 0.0676. The molecule has 2 heterocycles. The standard InChI is InChI=1S/C8H13N7/c1-5-7(4-10-11-5)3-9-6(2)8-12-14-15-13-8/h4,6,9H,3H2,1-2H3,(H,10,11)(H,12,13,14,15). The zero-order valence-electron chi connectivity index (χ0n) is 8.65. The Hall–Kier alpha value is -1.76. The Balaban J connectivity index is 1.91. The topological polar surface area (TPSA) is 95.2 Å². The molecule has 3 N–H and O–H groups in total. The molecule has 0 aliphatic rings. The van der Waals surface area contributed by atoms with Gasteiger partial charge in [0.05, 0.1) is 12.2 Å². The van der Waals surface area contributed by atoms with Crippen LogP contribution < -0.4 is 5.32 Å². The maximum atomic E-state index is 3.95. The van der Waals surface area contributed by atoms with Crippen LogP contribution in [-0.4, -0.2) is 30.8 Å². The molecule has 15 heavy (non-hydrogen) atoms. The van der Waals surface area contributed by atoms with Crippen LogP contribution in [0.1, 0.15) is 30.0 Å². The van der Waals surface area contributed by atoms with Crippen LogP contribution in [0, 0.1) is 6.92 Å². The number of rotatable bonds is 4. The van der Waals surface area contributed by atoms with Crippen molar-refractivity contribution in [3.05, 3.63) is 23.3 Å². The van der Waals surface area contributed by atoms with E-state index in [-0.39, 0.29) is 6.04 Å². The average molecular weight is 207 g/mol. The van der Waals surface area contributed by atoms with Crippen LogP contribution in [0.2, 0.25) is 0 Å². The molecule has 80 valence electrons. The van der Waals surface area contributed by atoms with E-state index in [0.717, 1.165) is 17.8 Å². The van der Waals surface area contributed by atoms with Crippen molar-refractivity contribution in [3.63, 3.8) is 0 Å². The SMILES string of the molecule is Cc1[nH]ncc1CNC(C)c1nn[nH]n1. The zero-order valence-corrected chi connectivity index (χ0v) is 8.65. The van der Waals surface area contributed by atoms with Crippen molar-refractivity contribution in [2.45, 2.75) is 26.4 Å². The number of nitrogens with one attached hydrogen (secondary N) is 3. The van der Waals surface area contributed by atoms with Gasteiger partial charge in [0.1, 0.15) is 0 Å². The third-order valence-electron chi connectivity index (χ3n) is 2.28. The lowest BCUT2D eigenvalue weighted by Crippen LogP contribution is -2.19. The van der Waals surface area contributed by atoms with Crippen LogP contribution in [0.3, 0.4) is 0 Å². The zero-order chi connectivity index (χ0) is 10.7. The lowest BCUT2D eigenvalue weighted by Gasteiger charge is -2.08. The molecule has 0 aliphatic carbocycles. The lowest BCUT2D eigenvalue weighted by molar-refractivity contribution is 0.546. The first-order valence-electron chi connectivity index (χ1n) is 4.73. The highest BCUT2D eigenvalue weighted by Gasteiger charge is 2.10. The fourth-order valence-electron chi connectivity index (χ4n) is 1.26. The van der Waals surface area contributed by atoms with Gasteiger partial charge < -0.3 is 5.32 Å². The number of nitrogens with zero attached hydrogens (tertiary/aromatic N) is 4. The van der Waals surface area contributed by atoms with E-state index in [9.17, 15) is 0 Å². The van der Waals surface area contributed by atoms with E-state index >= 15 is 0 Å². The van der Waals surface area contributed by atoms with E-state index in [1.165, 1.54) is 0 Å². The van der Waals surface area contributed by atoms with E-state index in [1.807, 2.05) is 20.0 Å². The summed E-state index contributed by atoms with van der Waals surface area (Å²) >= 11 is 0.